The Hall–Kier alpha value is -2.19. The van der Waals surface area contributed by atoms with Crippen molar-refractivity contribution < 1.29 is 4.42 Å². The molecule has 0 N–H and O–H groups in total. The molecule has 2 aromatic heterocycles. The zero-order valence-electron chi connectivity index (χ0n) is 15.0. The second kappa shape index (κ2) is 7.59. The van der Waals surface area contributed by atoms with Gasteiger partial charge < -0.3 is 4.42 Å². The summed E-state index contributed by atoms with van der Waals surface area (Å²) in [7, 11) is 0. The number of hydrogen-bond acceptors (Lipinski definition) is 7. The first-order valence-corrected chi connectivity index (χ1v) is 9.77. The Morgan fingerprint density at radius 2 is 1.85 bits per heavy atom. The molecule has 0 aliphatic carbocycles. The quantitative estimate of drug-likeness (QED) is 0.616. The molecule has 1 aliphatic rings. The van der Waals surface area contributed by atoms with Crippen LogP contribution in [-0.4, -0.2) is 43.0 Å². The van der Waals surface area contributed by atoms with E-state index in [0.717, 1.165) is 36.3 Å². The number of aromatic nitrogens is 5. The van der Waals surface area contributed by atoms with Crippen LogP contribution in [0.4, 0.5) is 0 Å². The Morgan fingerprint density at radius 3 is 2.54 bits per heavy atom. The Bertz CT molecular complexity index is 856. The number of aryl methyl sites for hydroxylation is 1. The molecule has 0 saturated carbocycles. The van der Waals surface area contributed by atoms with Crippen LogP contribution < -0.4 is 0 Å². The van der Waals surface area contributed by atoms with Crippen LogP contribution in [0.5, 0.6) is 0 Å². The number of thioether (sulfide) groups is 1. The van der Waals surface area contributed by atoms with Crippen molar-refractivity contribution in [2.75, 3.05) is 13.1 Å². The Kier molecular flexibility index (Phi) is 5.03. The van der Waals surface area contributed by atoms with E-state index >= 15 is 0 Å². The van der Waals surface area contributed by atoms with Crippen molar-refractivity contribution in [2.45, 2.75) is 43.6 Å². The zero-order valence-corrected chi connectivity index (χ0v) is 15.8. The van der Waals surface area contributed by atoms with E-state index < -0.39 is 0 Å². The largest absolute Gasteiger partial charge is 0.424 e. The van der Waals surface area contributed by atoms with Crippen molar-refractivity contribution in [3.05, 3.63) is 47.9 Å². The van der Waals surface area contributed by atoms with Gasteiger partial charge >= 0.3 is 0 Å². The molecule has 0 spiro atoms. The fourth-order valence-electron chi connectivity index (χ4n) is 3.14. The minimum Gasteiger partial charge on any atom is -0.424 e. The lowest BCUT2D eigenvalue weighted by Gasteiger charge is -2.16. The van der Waals surface area contributed by atoms with Crippen LogP contribution in [0.2, 0.25) is 0 Å². The Morgan fingerprint density at radius 1 is 1.08 bits per heavy atom. The van der Waals surface area contributed by atoms with Crippen LogP contribution in [0, 0.1) is 6.92 Å². The Labute approximate surface area is 156 Å². The maximum atomic E-state index is 5.57. The van der Waals surface area contributed by atoms with E-state index in [9.17, 15) is 0 Å². The van der Waals surface area contributed by atoms with Gasteiger partial charge in [0.2, 0.25) is 11.8 Å². The molecule has 0 bridgehead atoms. The highest BCUT2D eigenvalue weighted by Gasteiger charge is 2.22. The van der Waals surface area contributed by atoms with E-state index in [0.29, 0.717) is 11.8 Å². The summed E-state index contributed by atoms with van der Waals surface area (Å²) in [5, 5.41) is 17.9. The van der Waals surface area contributed by atoms with Gasteiger partial charge in [0.25, 0.3) is 0 Å². The fourth-order valence-corrected chi connectivity index (χ4v) is 4.06. The van der Waals surface area contributed by atoms with Crippen LogP contribution >= 0.6 is 11.8 Å². The molecule has 4 rings (SSSR count). The number of rotatable bonds is 6. The lowest BCUT2D eigenvalue weighted by atomic mass is 10.3. The summed E-state index contributed by atoms with van der Waals surface area (Å²) in [5.74, 6) is 2.15. The van der Waals surface area contributed by atoms with Gasteiger partial charge in [-0.15, -0.1) is 20.4 Å². The number of para-hydroxylation sites is 1. The van der Waals surface area contributed by atoms with Crippen LogP contribution in [0.1, 0.15) is 42.6 Å². The summed E-state index contributed by atoms with van der Waals surface area (Å²) < 4.78 is 7.71. The highest BCUT2D eigenvalue weighted by molar-refractivity contribution is 7.99. The topological polar surface area (TPSA) is 72.9 Å². The number of nitrogens with zero attached hydrogens (tertiary/aromatic N) is 6. The van der Waals surface area contributed by atoms with Gasteiger partial charge in [0, 0.05) is 12.6 Å². The van der Waals surface area contributed by atoms with Crippen molar-refractivity contribution >= 4 is 11.8 Å². The summed E-state index contributed by atoms with van der Waals surface area (Å²) in [6.07, 6.45) is 2.52. The van der Waals surface area contributed by atoms with Crippen LogP contribution in [0.15, 0.2) is 39.9 Å². The average Bonchev–Trinajstić information content (AvgIpc) is 3.38. The minimum absolute atomic E-state index is 0.00231. The van der Waals surface area contributed by atoms with Crippen molar-refractivity contribution in [2.24, 2.45) is 0 Å². The fraction of sp³-hybridized carbons (Fsp3) is 0.444. The predicted octanol–water partition coefficient (Wildman–Crippen LogP) is 3.41. The molecule has 0 radical (unpaired) electrons. The lowest BCUT2D eigenvalue weighted by Crippen LogP contribution is -2.21. The number of likely N-dealkylation sites (tertiary alicyclic amines) is 1. The van der Waals surface area contributed by atoms with Crippen LogP contribution in [-0.2, 0) is 6.54 Å². The second-order valence-electron chi connectivity index (χ2n) is 6.47. The van der Waals surface area contributed by atoms with Crippen molar-refractivity contribution in [1.82, 2.24) is 29.9 Å². The number of hydrogen-bond donors (Lipinski definition) is 0. The van der Waals surface area contributed by atoms with Gasteiger partial charge in [0.1, 0.15) is 0 Å². The molecule has 136 valence electrons. The van der Waals surface area contributed by atoms with Gasteiger partial charge in [-0.25, -0.2) is 0 Å². The SMILES string of the molecule is Cc1nnc(C(C)Sc2nnc(CN3CCCC3)n2-c2ccccc2)o1. The molecule has 3 heterocycles. The third-order valence-corrected chi connectivity index (χ3v) is 5.48. The lowest BCUT2D eigenvalue weighted by molar-refractivity contribution is 0.319. The van der Waals surface area contributed by atoms with Crippen LogP contribution in [0.25, 0.3) is 5.69 Å². The summed E-state index contributed by atoms with van der Waals surface area (Å²) >= 11 is 1.58. The first-order chi connectivity index (χ1) is 12.7. The normalized spacial score (nSPS) is 16.2. The smallest absolute Gasteiger partial charge is 0.229 e. The maximum absolute atomic E-state index is 5.57. The molecule has 1 aromatic carbocycles. The molecule has 7 nitrogen and oxygen atoms in total. The maximum Gasteiger partial charge on any atom is 0.229 e. The standard InChI is InChI=1S/C18H22N6OS/c1-13(17-21-19-14(2)25-17)26-18-22-20-16(12-23-10-6-7-11-23)24(18)15-8-4-3-5-9-15/h3-5,8-9,13H,6-7,10-12H2,1-2H3. The van der Waals surface area contributed by atoms with Gasteiger partial charge in [0.05, 0.1) is 11.8 Å². The van der Waals surface area contributed by atoms with Gasteiger partial charge in [0.15, 0.2) is 11.0 Å². The van der Waals surface area contributed by atoms with E-state index in [4.69, 9.17) is 4.42 Å². The van der Waals surface area contributed by atoms with Crippen molar-refractivity contribution in [3.63, 3.8) is 0 Å². The highest BCUT2D eigenvalue weighted by atomic mass is 32.2. The first kappa shape index (κ1) is 17.2. The predicted molar refractivity (Wildman–Crippen MR) is 99.2 cm³/mol. The summed E-state index contributed by atoms with van der Waals surface area (Å²) in [4.78, 5) is 2.43. The summed E-state index contributed by atoms with van der Waals surface area (Å²) in [6.45, 7) is 6.91. The molecule has 3 aromatic rings. The van der Waals surface area contributed by atoms with Gasteiger partial charge in [-0.05, 0) is 45.0 Å². The minimum atomic E-state index is 0.00231. The second-order valence-corrected chi connectivity index (χ2v) is 7.78. The highest BCUT2D eigenvalue weighted by Crippen LogP contribution is 2.34. The number of benzene rings is 1. The van der Waals surface area contributed by atoms with Crippen molar-refractivity contribution in [1.29, 1.82) is 0 Å². The third-order valence-electron chi connectivity index (χ3n) is 4.45. The molecule has 1 fully saturated rings. The van der Waals surface area contributed by atoms with E-state index in [1.807, 2.05) is 25.1 Å². The van der Waals surface area contributed by atoms with E-state index in [1.54, 1.807) is 18.7 Å². The molecule has 1 aliphatic heterocycles. The third kappa shape index (κ3) is 3.66. The zero-order chi connectivity index (χ0) is 17.9. The van der Waals surface area contributed by atoms with E-state index in [1.165, 1.54) is 12.8 Å². The molecule has 1 atom stereocenters. The van der Waals surface area contributed by atoms with Crippen molar-refractivity contribution in [3.8, 4) is 5.69 Å². The van der Waals surface area contributed by atoms with Gasteiger partial charge in [-0.2, -0.15) is 0 Å². The molecular formula is C18H22N6OS. The average molecular weight is 370 g/mol. The molecule has 1 unspecified atom stereocenters. The molecule has 26 heavy (non-hydrogen) atoms. The summed E-state index contributed by atoms with van der Waals surface area (Å²) in [5.41, 5.74) is 1.07. The monoisotopic (exact) mass is 370 g/mol. The van der Waals surface area contributed by atoms with E-state index in [2.05, 4.69) is 42.0 Å². The van der Waals surface area contributed by atoms with Gasteiger partial charge in [-0.1, -0.05) is 30.0 Å². The molecular weight excluding hydrogens is 348 g/mol. The molecule has 0 amide bonds. The first-order valence-electron chi connectivity index (χ1n) is 8.89. The molecule has 1 saturated heterocycles. The summed E-state index contributed by atoms with van der Waals surface area (Å²) in [6, 6.07) is 10.3. The van der Waals surface area contributed by atoms with E-state index in [-0.39, 0.29) is 5.25 Å². The van der Waals surface area contributed by atoms with Crippen LogP contribution in [0.3, 0.4) is 0 Å². The van der Waals surface area contributed by atoms with Gasteiger partial charge in [-0.3, -0.25) is 9.47 Å². The molecule has 8 heteroatoms. The Balaban J connectivity index is 1.64.